The normalized spacial score (nSPS) is 13.5. The van der Waals surface area contributed by atoms with E-state index in [0.29, 0.717) is 6.07 Å². The van der Waals surface area contributed by atoms with E-state index < -0.39 is 58.6 Å². The van der Waals surface area contributed by atoms with Crippen molar-refractivity contribution in [1.82, 2.24) is 4.98 Å². The van der Waals surface area contributed by atoms with Gasteiger partial charge < -0.3 is 0 Å². The number of ketones is 1. The van der Waals surface area contributed by atoms with Crippen LogP contribution in [-0.2, 0) is 12.6 Å². The molecule has 2 nitrogen and oxygen atoms in total. The summed E-state index contributed by atoms with van der Waals surface area (Å²) in [6.45, 7) is 0. The van der Waals surface area contributed by atoms with Gasteiger partial charge in [-0.25, -0.2) is 9.37 Å². The maximum absolute atomic E-state index is 15.0. The largest absolute Gasteiger partial charge is 0.417 e. The highest BCUT2D eigenvalue weighted by Gasteiger charge is 2.41. The molecule has 0 aliphatic heterocycles. The Morgan fingerprint density at radius 3 is 2.05 bits per heavy atom. The van der Waals surface area contributed by atoms with Crippen LogP contribution in [0, 0.1) is 0 Å². The molecule has 0 aliphatic rings. The molecule has 37 heavy (non-hydrogen) atoms. The predicted octanol–water partition coefficient (Wildman–Crippen LogP) is 9.80. The molecule has 13 heteroatoms. The minimum absolute atomic E-state index is 0.0895. The smallest absolute Gasteiger partial charge is 0.294 e. The highest BCUT2D eigenvalue weighted by molar-refractivity contribution is 6.48. The molecule has 0 fully saturated rings. The zero-order valence-electron chi connectivity index (χ0n) is 18.0. The van der Waals surface area contributed by atoms with E-state index in [4.69, 9.17) is 46.4 Å². The molecule has 3 aromatic rings. The van der Waals surface area contributed by atoms with Gasteiger partial charge in [0, 0.05) is 23.7 Å². The molecule has 0 bridgehead atoms. The number of hydrogen-bond acceptors (Lipinski definition) is 2. The average molecular weight is 605 g/mol. The molecule has 1 atom stereocenters. The minimum Gasteiger partial charge on any atom is -0.294 e. The van der Waals surface area contributed by atoms with Gasteiger partial charge in [0.15, 0.2) is 5.78 Å². The first-order valence-electron chi connectivity index (χ1n) is 10.0. The fourth-order valence-electron chi connectivity index (χ4n) is 3.34. The van der Waals surface area contributed by atoms with Crippen molar-refractivity contribution in [3.8, 4) is 0 Å². The van der Waals surface area contributed by atoms with Crippen LogP contribution in [0.5, 0.6) is 0 Å². The molecular formula is C24H12Cl4F7NO. The molecule has 0 N–H and O–H groups in total. The number of carbonyl (C=O) groups excluding carboxylic acids is 1. The zero-order chi connectivity index (χ0) is 27.7. The van der Waals surface area contributed by atoms with Gasteiger partial charge in [-0.1, -0.05) is 64.6 Å². The van der Waals surface area contributed by atoms with Crippen molar-refractivity contribution < 1.29 is 35.5 Å². The Morgan fingerprint density at radius 2 is 1.54 bits per heavy atom. The van der Waals surface area contributed by atoms with Crippen molar-refractivity contribution in [2.75, 3.05) is 0 Å². The topological polar surface area (TPSA) is 30.0 Å². The van der Waals surface area contributed by atoms with E-state index in [1.807, 2.05) is 0 Å². The highest BCUT2D eigenvalue weighted by Crippen LogP contribution is 2.43. The summed E-state index contributed by atoms with van der Waals surface area (Å²) in [6.07, 6.45) is -9.35. The number of carbonyl (C=O) groups is 1. The Kier molecular flexibility index (Phi) is 8.84. The summed E-state index contributed by atoms with van der Waals surface area (Å²) in [5.74, 6) is -5.20. The molecule has 0 amide bonds. The third-order valence-corrected chi connectivity index (χ3v) is 6.51. The number of hydrogen-bond donors (Lipinski definition) is 0. The summed E-state index contributed by atoms with van der Waals surface area (Å²) in [5, 5.41) is -0.767. The number of allylic oxidation sites excluding steroid dienone is 1. The second-order valence-corrected chi connectivity index (χ2v) is 9.26. The van der Waals surface area contributed by atoms with Crippen LogP contribution in [0.25, 0.3) is 5.83 Å². The van der Waals surface area contributed by atoms with Gasteiger partial charge in [0.05, 0.1) is 20.6 Å². The molecule has 1 aromatic heterocycles. The van der Waals surface area contributed by atoms with Gasteiger partial charge in [-0.15, -0.1) is 0 Å². The maximum Gasteiger partial charge on any atom is 0.417 e. The van der Waals surface area contributed by atoms with Crippen LogP contribution in [-0.4, -0.2) is 16.9 Å². The maximum atomic E-state index is 15.0. The Labute approximate surface area is 225 Å². The lowest BCUT2D eigenvalue weighted by Crippen LogP contribution is -2.19. The van der Waals surface area contributed by atoms with Crippen LogP contribution < -0.4 is 0 Å². The van der Waals surface area contributed by atoms with Crippen LogP contribution in [0.15, 0.2) is 54.7 Å². The third kappa shape index (κ3) is 7.16. The van der Waals surface area contributed by atoms with Gasteiger partial charge in [-0.3, -0.25) is 4.79 Å². The second-order valence-electron chi connectivity index (χ2n) is 7.68. The molecule has 2 aromatic carbocycles. The Balaban J connectivity index is 2.04. The quantitative estimate of drug-likeness (QED) is 0.121. The first-order valence-corrected chi connectivity index (χ1v) is 11.5. The third-order valence-electron chi connectivity index (χ3n) is 5.09. The first-order chi connectivity index (χ1) is 17.1. The van der Waals surface area contributed by atoms with Crippen LogP contribution >= 0.6 is 46.4 Å². The summed E-state index contributed by atoms with van der Waals surface area (Å²) >= 11 is 23.0. The van der Waals surface area contributed by atoms with Crippen LogP contribution in [0.4, 0.5) is 30.7 Å². The summed E-state index contributed by atoms with van der Waals surface area (Å²) in [7, 11) is 0. The van der Waals surface area contributed by atoms with E-state index in [1.54, 1.807) is 0 Å². The van der Waals surface area contributed by atoms with E-state index in [1.165, 1.54) is 18.3 Å². The molecule has 0 spiro atoms. The van der Waals surface area contributed by atoms with Crippen LogP contribution in [0.1, 0.15) is 38.5 Å². The number of aromatic nitrogens is 1. The molecule has 0 radical (unpaired) electrons. The van der Waals surface area contributed by atoms with Gasteiger partial charge >= 0.3 is 12.4 Å². The van der Waals surface area contributed by atoms with Gasteiger partial charge in [-0.05, 0) is 41.5 Å². The van der Waals surface area contributed by atoms with Crippen LogP contribution in [0.2, 0.25) is 20.2 Å². The number of nitrogens with zero attached hydrogens (tertiary/aromatic N) is 1. The lowest BCUT2D eigenvalue weighted by molar-refractivity contribution is -0.140. The molecule has 1 heterocycles. The Bertz CT molecular complexity index is 1330. The summed E-state index contributed by atoms with van der Waals surface area (Å²) in [5.41, 5.74) is -3.44. The average Bonchev–Trinajstić information content (AvgIpc) is 2.80. The van der Waals surface area contributed by atoms with Crippen molar-refractivity contribution in [3.63, 3.8) is 0 Å². The summed E-state index contributed by atoms with van der Waals surface area (Å²) in [6, 6.07) is 6.15. The second kappa shape index (κ2) is 11.2. The van der Waals surface area contributed by atoms with E-state index in [-0.39, 0.29) is 37.9 Å². The van der Waals surface area contributed by atoms with E-state index >= 15 is 0 Å². The van der Waals surface area contributed by atoms with Crippen molar-refractivity contribution in [3.05, 3.63) is 103 Å². The zero-order valence-corrected chi connectivity index (χ0v) is 21.0. The van der Waals surface area contributed by atoms with Crippen molar-refractivity contribution in [2.45, 2.75) is 24.7 Å². The number of pyridine rings is 1. The monoisotopic (exact) mass is 603 g/mol. The van der Waals surface area contributed by atoms with E-state index in [9.17, 15) is 35.5 Å². The van der Waals surface area contributed by atoms with Gasteiger partial charge in [0.2, 0.25) is 0 Å². The Morgan fingerprint density at radius 1 is 0.919 bits per heavy atom. The standard InChI is InChI=1S/C24H12Cl4F7NO/c25-17-7-13(8-18(26)22(17)28)15(23(30,31)32)9-19(29)12-2-3-14(16(6-12)24(33,34)35)20(37)5-11-1-4-21(27)36-10-11/h1-4,6-10,15H,5H2/b19-9-. The van der Waals surface area contributed by atoms with Crippen molar-refractivity contribution in [1.29, 1.82) is 0 Å². The minimum atomic E-state index is -5.11. The molecule has 0 saturated carbocycles. The predicted molar refractivity (Wildman–Crippen MR) is 128 cm³/mol. The first kappa shape index (κ1) is 29.2. The number of alkyl halides is 6. The summed E-state index contributed by atoms with van der Waals surface area (Å²) < 4.78 is 97.4. The fraction of sp³-hybridized carbons (Fsp3) is 0.167. The number of rotatable bonds is 6. The molecule has 0 aliphatic carbocycles. The highest BCUT2D eigenvalue weighted by atomic mass is 35.5. The van der Waals surface area contributed by atoms with Gasteiger partial charge in [0.25, 0.3) is 0 Å². The fourth-order valence-corrected chi connectivity index (χ4v) is 4.06. The summed E-state index contributed by atoms with van der Waals surface area (Å²) in [4.78, 5) is 16.3. The Hall–Kier alpha value is -2.33. The van der Waals surface area contributed by atoms with Gasteiger partial charge in [0.1, 0.15) is 16.9 Å². The van der Waals surface area contributed by atoms with Crippen LogP contribution in [0.3, 0.4) is 0 Å². The van der Waals surface area contributed by atoms with E-state index in [2.05, 4.69) is 4.98 Å². The molecule has 3 rings (SSSR count). The van der Waals surface area contributed by atoms with Crippen molar-refractivity contribution in [2.24, 2.45) is 0 Å². The number of benzene rings is 2. The SMILES string of the molecule is O=C(Cc1ccc(Cl)nc1)c1ccc(/C(F)=C/C(c2cc(Cl)c(Cl)c(Cl)c2)C(F)(F)F)cc1C(F)(F)F. The number of halogens is 11. The lowest BCUT2D eigenvalue weighted by Gasteiger charge is -2.19. The van der Waals surface area contributed by atoms with Crippen molar-refractivity contribution >= 4 is 58.0 Å². The molecular weight excluding hydrogens is 593 g/mol. The lowest BCUT2D eigenvalue weighted by atomic mass is 9.94. The molecule has 196 valence electrons. The van der Waals surface area contributed by atoms with E-state index in [0.717, 1.165) is 18.2 Å². The van der Waals surface area contributed by atoms with Gasteiger partial charge in [-0.2, -0.15) is 26.3 Å². The molecule has 1 unspecified atom stereocenters. The molecule has 0 saturated heterocycles. The number of Topliss-reactive ketones (excluding diaryl/α,β-unsaturated/α-hetero) is 1.